The topological polar surface area (TPSA) is 107 Å². The molecule has 9 heteroatoms. The molecule has 1 N–H and O–H groups in total. The Morgan fingerprint density at radius 1 is 1.14 bits per heavy atom. The minimum Gasteiger partial charge on any atom is -0.465 e. The Hall–Kier alpha value is -4.40. The number of nitrogens with zero attached hydrogens (tertiary/aromatic N) is 3. The van der Waals surface area contributed by atoms with Crippen molar-refractivity contribution >= 4 is 28.5 Å². The van der Waals surface area contributed by atoms with Crippen LogP contribution in [-0.2, 0) is 11.3 Å². The quantitative estimate of drug-likeness (QED) is 0.407. The molecule has 0 spiro atoms. The predicted molar refractivity (Wildman–Crippen MR) is 140 cm³/mol. The van der Waals surface area contributed by atoms with Crippen LogP contribution in [0.2, 0.25) is 0 Å². The van der Waals surface area contributed by atoms with Crippen molar-refractivity contribution in [2.75, 3.05) is 26.0 Å². The maximum absolute atomic E-state index is 13.5. The molecule has 0 saturated heterocycles. The van der Waals surface area contributed by atoms with E-state index in [0.717, 1.165) is 11.1 Å². The standard InChI is InChI=1S/C28H28N4O5/c1-15-12-19(17(3)29-21-9-7-6-8-18(21)28(35)36-5)26-20(13-15)24(33)16(2)25(37-26)22-14-23-27(34)31(4)10-11-32(23)30-22/h6-9,12-14,17,29H,10-11H2,1-5H3. The summed E-state index contributed by atoms with van der Waals surface area (Å²) in [5.74, 6) is -0.232. The van der Waals surface area contributed by atoms with Crippen molar-refractivity contribution in [3.8, 4) is 11.5 Å². The second kappa shape index (κ2) is 9.24. The number of esters is 1. The number of para-hydroxylation sites is 1. The SMILES string of the molecule is COC(=O)c1ccccc1NC(C)c1cc(C)cc2c(=O)c(C)c(-c3cc4n(n3)CCN(C)C4=O)oc12. The van der Waals surface area contributed by atoms with Crippen molar-refractivity contribution in [1.29, 1.82) is 0 Å². The van der Waals surface area contributed by atoms with Gasteiger partial charge in [0.15, 0.2) is 11.2 Å². The van der Waals surface area contributed by atoms with Gasteiger partial charge in [-0.2, -0.15) is 5.10 Å². The number of methoxy groups -OCH3 is 1. The first-order chi connectivity index (χ1) is 17.7. The van der Waals surface area contributed by atoms with Crippen LogP contribution in [0.15, 0.2) is 51.7 Å². The van der Waals surface area contributed by atoms with E-state index in [1.165, 1.54) is 7.11 Å². The molecule has 5 rings (SSSR count). The summed E-state index contributed by atoms with van der Waals surface area (Å²) < 4.78 is 13.0. The third-order valence-electron chi connectivity index (χ3n) is 6.79. The Bertz CT molecular complexity index is 1620. The monoisotopic (exact) mass is 500 g/mol. The normalized spacial score (nSPS) is 14.0. The highest BCUT2D eigenvalue weighted by Crippen LogP contribution is 2.33. The molecule has 1 amide bonds. The van der Waals surface area contributed by atoms with Crippen LogP contribution in [0, 0.1) is 13.8 Å². The second-order valence-electron chi connectivity index (χ2n) is 9.38. The van der Waals surface area contributed by atoms with E-state index in [9.17, 15) is 14.4 Å². The lowest BCUT2D eigenvalue weighted by molar-refractivity contribution is 0.0601. The minimum absolute atomic E-state index is 0.121. The van der Waals surface area contributed by atoms with Gasteiger partial charge in [0.2, 0.25) is 0 Å². The van der Waals surface area contributed by atoms with Crippen molar-refractivity contribution in [1.82, 2.24) is 14.7 Å². The van der Waals surface area contributed by atoms with Crippen LogP contribution in [0.25, 0.3) is 22.4 Å². The van der Waals surface area contributed by atoms with Crippen molar-refractivity contribution in [3.05, 3.63) is 80.6 Å². The number of nitrogens with one attached hydrogen (secondary N) is 1. The zero-order valence-corrected chi connectivity index (χ0v) is 21.4. The van der Waals surface area contributed by atoms with Gasteiger partial charge in [0.25, 0.3) is 5.91 Å². The van der Waals surface area contributed by atoms with E-state index in [-0.39, 0.29) is 17.4 Å². The van der Waals surface area contributed by atoms with Crippen LogP contribution in [0.5, 0.6) is 0 Å². The van der Waals surface area contributed by atoms with E-state index in [1.807, 2.05) is 32.0 Å². The Labute approximate surface area is 213 Å². The molecule has 1 aliphatic rings. The third-order valence-corrected chi connectivity index (χ3v) is 6.79. The average Bonchev–Trinajstić information content (AvgIpc) is 3.33. The van der Waals surface area contributed by atoms with Crippen LogP contribution in [0.3, 0.4) is 0 Å². The summed E-state index contributed by atoms with van der Waals surface area (Å²) >= 11 is 0. The molecule has 3 heterocycles. The highest BCUT2D eigenvalue weighted by molar-refractivity contribution is 5.96. The number of aromatic nitrogens is 2. The molecule has 2 aromatic heterocycles. The maximum atomic E-state index is 13.5. The van der Waals surface area contributed by atoms with Crippen molar-refractivity contribution in [2.24, 2.45) is 0 Å². The highest BCUT2D eigenvalue weighted by atomic mass is 16.5. The van der Waals surface area contributed by atoms with Gasteiger partial charge in [0.05, 0.1) is 30.6 Å². The van der Waals surface area contributed by atoms with Crippen LogP contribution in [0.1, 0.15) is 50.5 Å². The zero-order valence-electron chi connectivity index (χ0n) is 21.4. The fraction of sp³-hybridized carbons (Fsp3) is 0.286. The smallest absolute Gasteiger partial charge is 0.339 e. The number of rotatable bonds is 5. The van der Waals surface area contributed by atoms with E-state index in [0.29, 0.717) is 58.0 Å². The molecule has 0 saturated carbocycles. The highest BCUT2D eigenvalue weighted by Gasteiger charge is 2.27. The van der Waals surface area contributed by atoms with Crippen LogP contribution in [-0.4, -0.2) is 47.3 Å². The molecule has 1 atom stereocenters. The predicted octanol–water partition coefficient (Wildman–Crippen LogP) is 4.32. The van der Waals surface area contributed by atoms with Gasteiger partial charge in [-0.1, -0.05) is 18.2 Å². The first-order valence-electron chi connectivity index (χ1n) is 12.0. The van der Waals surface area contributed by atoms with Gasteiger partial charge in [0.1, 0.15) is 17.0 Å². The van der Waals surface area contributed by atoms with Gasteiger partial charge in [-0.15, -0.1) is 0 Å². The fourth-order valence-electron chi connectivity index (χ4n) is 4.75. The molecular weight excluding hydrogens is 472 g/mol. The molecule has 0 fully saturated rings. The van der Waals surface area contributed by atoms with Gasteiger partial charge < -0.3 is 19.4 Å². The van der Waals surface area contributed by atoms with Gasteiger partial charge in [-0.3, -0.25) is 14.3 Å². The lowest BCUT2D eigenvalue weighted by Gasteiger charge is -2.22. The van der Waals surface area contributed by atoms with E-state index < -0.39 is 5.97 Å². The molecule has 4 aromatic rings. The maximum Gasteiger partial charge on any atom is 0.339 e. The van der Waals surface area contributed by atoms with E-state index in [1.54, 1.807) is 47.8 Å². The molecular formula is C28H28N4O5. The van der Waals surface area contributed by atoms with E-state index >= 15 is 0 Å². The molecule has 37 heavy (non-hydrogen) atoms. The largest absolute Gasteiger partial charge is 0.465 e. The summed E-state index contributed by atoms with van der Waals surface area (Å²) in [6.45, 7) is 6.70. The minimum atomic E-state index is -0.446. The summed E-state index contributed by atoms with van der Waals surface area (Å²) in [7, 11) is 3.09. The molecule has 190 valence electrons. The average molecular weight is 501 g/mol. The first kappa shape index (κ1) is 24.3. The number of likely N-dealkylation sites (N-methyl/N-ethyl adjacent to an activating group) is 1. The second-order valence-corrected chi connectivity index (χ2v) is 9.38. The van der Waals surface area contributed by atoms with Crippen molar-refractivity contribution < 1.29 is 18.7 Å². The fourth-order valence-corrected chi connectivity index (χ4v) is 4.75. The van der Waals surface area contributed by atoms with Crippen LogP contribution >= 0.6 is 0 Å². The van der Waals surface area contributed by atoms with E-state index in [2.05, 4.69) is 10.4 Å². The first-order valence-corrected chi connectivity index (χ1v) is 12.0. The van der Waals surface area contributed by atoms with Gasteiger partial charge in [0, 0.05) is 36.5 Å². The Morgan fingerprint density at radius 2 is 1.89 bits per heavy atom. The van der Waals surface area contributed by atoms with Gasteiger partial charge >= 0.3 is 5.97 Å². The zero-order chi connectivity index (χ0) is 26.4. The summed E-state index contributed by atoms with van der Waals surface area (Å²) in [6.07, 6.45) is 0. The molecule has 9 nitrogen and oxygen atoms in total. The number of fused-ring (bicyclic) bond motifs is 2. The number of benzene rings is 2. The van der Waals surface area contributed by atoms with Crippen molar-refractivity contribution in [3.63, 3.8) is 0 Å². The lowest BCUT2D eigenvalue weighted by atomic mass is 9.99. The molecule has 0 aliphatic carbocycles. The number of anilines is 1. The number of ether oxygens (including phenoxy) is 1. The molecule has 0 radical (unpaired) electrons. The molecule has 1 aliphatic heterocycles. The molecule has 0 bridgehead atoms. The summed E-state index contributed by atoms with van der Waals surface area (Å²) in [5, 5.41) is 8.42. The van der Waals surface area contributed by atoms with Gasteiger partial charge in [-0.25, -0.2) is 4.79 Å². The molecule has 1 unspecified atom stereocenters. The van der Waals surface area contributed by atoms with E-state index in [4.69, 9.17) is 9.15 Å². The number of hydrogen-bond acceptors (Lipinski definition) is 7. The number of amides is 1. The summed E-state index contributed by atoms with van der Waals surface area (Å²) in [6, 6.07) is 12.2. The number of carbonyl (C=O) groups is 2. The Morgan fingerprint density at radius 3 is 2.65 bits per heavy atom. The van der Waals surface area contributed by atoms with Crippen LogP contribution < -0.4 is 10.7 Å². The Kier molecular flexibility index (Phi) is 6.07. The summed E-state index contributed by atoms with van der Waals surface area (Å²) in [4.78, 5) is 40.0. The van der Waals surface area contributed by atoms with Crippen molar-refractivity contribution in [2.45, 2.75) is 33.4 Å². The number of aryl methyl sites for hydroxylation is 1. The van der Waals surface area contributed by atoms with Crippen LogP contribution in [0.4, 0.5) is 5.69 Å². The number of hydrogen-bond donors (Lipinski definition) is 1. The van der Waals surface area contributed by atoms with Gasteiger partial charge in [-0.05, 0) is 44.5 Å². The molecule has 2 aromatic carbocycles. The third kappa shape index (κ3) is 4.16. The summed E-state index contributed by atoms with van der Waals surface area (Å²) in [5.41, 5.74) is 4.29. The number of carbonyl (C=O) groups excluding carboxylic acids is 2. The lowest BCUT2D eigenvalue weighted by Crippen LogP contribution is -2.37. The Balaban J connectivity index is 1.64.